The Labute approximate surface area is 105 Å². The summed E-state index contributed by atoms with van der Waals surface area (Å²) in [7, 11) is 0. The quantitative estimate of drug-likeness (QED) is 0.795. The van der Waals surface area contributed by atoms with E-state index >= 15 is 0 Å². The summed E-state index contributed by atoms with van der Waals surface area (Å²) in [4.78, 5) is 22.3. The van der Waals surface area contributed by atoms with Gasteiger partial charge < -0.3 is 15.4 Å². The van der Waals surface area contributed by atoms with Gasteiger partial charge in [-0.1, -0.05) is 0 Å². The molecular weight excluding hydrogens is 246 g/mol. The molecule has 0 bridgehead atoms. The molecule has 18 heavy (non-hydrogen) atoms. The number of rotatable bonds is 5. The van der Waals surface area contributed by atoms with E-state index in [1.54, 1.807) is 20.8 Å². The topological polar surface area (TPSA) is 67.4 Å². The summed E-state index contributed by atoms with van der Waals surface area (Å²) in [5.74, 6) is -3.35. The SMILES string of the molecule is CC(F)(F)CCNC(=O)CNC(=O)OC(C)(C)C. The second-order valence-electron chi connectivity index (χ2n) is 5.03. The van der Waals surface area contributed by atoms with Crippen LogP contribution in [0.15, 0.2) is 0 Å². The molecule has 0 aromatic heterocycles. The highest BCUT2D eigenvalue weighted by molar-refractivity contribution is 5.82. The first-order valence-corrected chi connectivity index (χ1v) is 5.61. The van der Waals surface area contributed by atoms with Crippen LogP contribution in [0.4, 0.5) is 13.6 Å². The minimum Gasteiger partial charge on any atom is -0.444 e. The van der Waals surface area contributed by atoms with Crippen molar-refractivity contribution in [3.05, 3.63) is 0 Å². The van der Waals surface area contributed by atoms with Gasteiger partial charge in [-0.05, 0) is 27.7 Å². The standard InChI is InChI=1S/C11H20F2N2O3/c1-10(2,3)18-9(17)15-7-8(16)14-6-5-11(4,12)13/h5-7H2,1-4H3,(H,14,16)(H,15,17). The minimum atomic E-state index is -2.81. The van der Waals surface area contributed by atoms with E-state index in [-0.39, 0.29) is 13.1 Å². The maximum atomic E-state index is 12.4. The van der Waals surface area contributed by atoms with Gasteiger partial charge in [0.25, 0.3) is 0 Å². The van der Waals surface area contributed by atoms with Crippen LogP contribution in [0.5, 0.6) is 0 Å². The molecule has 0 fully saturated rings. The third-order valence-electron chi connectivity index (χ3n) is 1.68. The number of carbonyl (C=O) groups excluding carboxylic acids is 2. The van der Waals surface area contributed by atoms with Crippen LogP contribution in [0.2, 0.25) is 0 Å². The molecular formula is C11H20F2N2O3. The molecule has 5 nitrogen and oxygen atoms in total. The van der Waals surface area contributed by atoms with Crippen LogP contribution >= 0.6 is 0 Å². The van der Waals surface area contributed by atoms with Crippen molar-refractivity contribution in [1.82, 2.24) is 10.6 Å². The van der Waals surface area contributed by atoms with Crippen LogP contribution in [0, 0.1) is 0 Å². The molecule has 0 aliphatic carbocycles. The molecule has 0 saturated heterocycles. The van der Waals surface area contributed by atoms with Gasteiger partial charge >= 0.3 is 6.09 Å². The Morgan fingerprint density at radius 3 is 2.11 bits per heavy atom. The van der Waals surface area contributed by atoms with E-state index in [1.165, 1.54) is 0 Å². The molecule has 2 amide bonds. The number of hydrogen-bond donors (Lipinski definition) is 2. The van der Waals surface area contributed by atoms with E-state index in [0.717, 1.165) is 6.92 Å². The highest BCUT2D eigenvalue weighted by Crippen LogP contribution is 2.14. The van der Waals surface area contributed by atoms with Crippen LogP contribution in [0.1, 0.15) is 34.1 Å². The Bertz CT molecular complexity index is 296. The summed E-state index contributed by atoms with van der Waals surface area (Å²) in [6.07, 6.45) is -1.16. The molecule has 0 atom stereocenters. The molecule has 106 valence electrons. The smallest absolute Gasteiger partial charge is 0.408 e. The van der Waals surface area contributed by atoms with Crippen molar-refractivity contribution >= 4 is 12.0 Å². The van der Waals surface area contributed by atoms with E-state index in [9.17, 15) is 18.4 Å². The van der Waals surface area contributed by atoms with Crippen molar-refractivity contribution in [2.75, 3.05) is 13.1 Å². The Morgan fingerprint density at radius 2 is 1.67 bits per heavy atom. The van der Waals surface area contributed by atoms with Crippen LogP contribution in [-0.2, 0) is 9.53 Å². The second kappa shape index (κ2) is 6.51. The summed E-state index contributed by atoms with van der Waals surface area (Å²) in [5.41, 5.74) is -0.648. The number of alkyl carbamates (subject to hydrolysis) is 1. The summed E-state index contributed by atoms with van der Waals surface area (Å²) in [6.45, 7) is 5.41. The van der Waals surface area contributed by atoms with E-state index in [4.69, 9.17) is 4.74 Å². The molecule has 0 rings (SSSR count). The van der Waals surface area contributed by atoms with E-state index in [0.29, 0.717) is 0 Å². The molecule has 0 heterocycles. The second-order valence-corrected chi connectivity index (χ2v) is 5.03. The van der Waals surface area contributed by atoms with Crippen molar-refractivity contribution in [3.63, 3.8) is 0 Å². The maximum absolute atomic E-state index is 12.4. The Morgan fingerprint density at radius 1 is 1.11 bits per heavy atom. The first-order valence-electron chi connectivity index (χ1n) is 5.61. The largest absolute Gasteiger partial charge is 0.444 e. The third-order valence-corrected chi connectivity index (χ3v) is 1.68. The zero-order valence-electron chi connectivity index (χ0n) is 11.1. The van der Waals surface area contributed by atoms with Crippen molar-refractivity contribution in [1.29, 1.82) is 0 Å². The Hall–Kier alpha value is -1.40. The fourth-order valence-electron chi connectivity index (χ4n) is 0.951. The number of alkyl halides is 2. The fraction of sp³-hybridized carbons (Fsp3) is 0.818. The summed E-state index contributed by atoms with van der Waals surface area (Å²) in [5, 5.41) is 4.49. The van der Waals surface area contributed by atoms with Gasteiger partial charge in [-0.3, -0.25) is 4.79 Å². The normalized spacial score (nSPS) is 11.9. The van der Waals surface area contributed by atoms with Crippen molar-refractivity contribution < 1.29 is 23.1 Å². The average Bonchev–Trinajstić information content (AvgIpc) is 2.09. The lowest BCUT2D eigenvalue weighted by molar-refractivity contribution is -0.120. The summed E-state index contributed by atoms with van der Waals surface area (Å²) < 4.78 is 29.8. The monoisotopic (exact) mass is 266 g/mol. The Balaban J connectivity index is 3.75. The van der Waals surface area contributed by atoms with Gasteiger partial charge in [-0.25, -0.2) is 13.6 Å². The molecule has 7 heteroatoms. The Kier molecular flexibility index (Phi) is 6.00. The third kappa shape index (κ3) is 11.1. The molecule has 0 saturated carbocycles. The molecule has 0 unspecified atom stereocenters. The van der Waals surface area contributed by atoms with Crippen molar-refractivity contribution in [2.45, 2.75) is 45.6 Å². The summed E-state index contributed by atoms with van der Waals surface area (Å²) in [6, 6.07) is 0. The van der Waals surface area contributed by atoms with Gasteiger partial charge in [0.05, 0.1) is 6.54 Å². The minimum absolute atomic E-state index is 0.141. The summed E-state index contributed by atoms with van der Waals surface area (Å²) >= 11 is 0. The highest BCUT2D eigenvalue weighted by Gasteiger charge is 2.20. The van der Waals surface area contributed by atoms with E-state index in [2.05, 4.69) is 10.6 Å². The number of amides is 2. The van der Waals surface area contributed by atoms with Crippen molar-refractivity contribution in [2.24, 2.45) is 0 Å². The lowest BCUT2D eigenvalue weighted by atomic mass is 10.2. The predicted octanol–water partition coefficient (Wildman–Crippen LogP) is 1.67. The number of carbonyl (C=O) groups is 2. The first kappa shape index (κ1) is 16.6. The van der Waals surface area contributed by atoms with Crippen LogP contribution in [-0.4, -0.2) is 36.6 Å². The fourth-order valence-corrected chi connectivity index (χ4v) is 0.951. The van der Waals surface area contributed by atoms with E-state index in [1.807, 2.05) is 0 Å². The van der Waals surface area contributed by atoms with Gasteiger partial charge in [0.2, 0.25) is 11.8 Å². The molecule has 0 aromatic carbocycles. The average molecular weight is 266 g/mol. The number of halogens is 2. The molecule has 0 radical (unpaired) electrons. The number of hydrogen-bond acceptors (Lipinski definition) is 3. The predicted molar refractivity (Wildman–Crippen MR) is 62.5 cm³/mol. The van der Waals surface area contributed by atoms with Gasteiger partial charge in [-0.2, -0.15) is 0 Å². The van der Waals surface area contributed by atoms with E-state index < -0.39 is 29.9 Å². The molecule has 2 N–H and O–H groups in total. The van der Waals surface area contributed by atoms with Crippen molar-refractivity contribution in [3.8, 4) is 0 Å². The maximum Gasteiger partial charge on any atom is 0.408 e. The highest BCUT2D eigenvalue weighted by atomic mass is 19.3. The van der Waals surface area contributed by atoms with Gasteiger partial charge in [-0.15, -0.1) is 0 Å². The van der Waals surface area contributed by atoms with Gasteiger partial charge in [0.1, 0.15) is 5.60 Å². The molecule has 0 aliphatic rings. The van der Waals surface area contributed by atoms with Crippen LogP contribution < -0.4 is 10.6 Å². The number of ether oxygens (including phenoxy) is 1. The first-order chi connectivity index (χ1) is 7.99. The molecule has 0 aromatic rings. The molecule has 0 spiro atoms. The van der Waals surface area contributed by atoms with Crippen LogP contribution in [0.3, 0.4) is 0 Å². The van der Waals surface area contributed by atoms with Crippen LogP contribution in [0.25, 0.3) is 0 Å². The van der Waals surface area contributed by atoms with Gasteiger partial charge in [0.15, 0.2) is 0 Å². The number of nitrogens with one attached hydrogen (secondary N) is 2. The van der Waals surface area contributed by atoms with Gasteiger partial charge in [0, 0.05) is 13.0 Å². The lowest BCUT2D eigenvalue weighted by Crippen LogP contribution is -2.40. The zero-order valence-corrected chi connectivity index (χ0v) is 11.1. The lowest BCUT2D eigenvalue weighted by Gasteiger charge is -2.19. The zero-order chi connectivity index (χ0) is 14.4. The molecule has 0 aliphatic heterocycles.